The van der Waals surface area contributed by atoms with E-state index in [0.717, 1.165) is 18.4 Å². The van der Waals surface area contributed by atoms with Crippen molar-refractivity contribution < 1.29 is 18.3 Å². The number of carboxylic acid groups (broad SMARTS) is 1. The van der Waals surface area contributed by atoms with E-state index in [1.54, 1.807) is 12.1 Å². The van der Waals surface area contributed by atoms with Gasteiger partial charge >= 0.3 is 5.97 Å². The fourth-order valence-corrected chi connectivity index (χ4v) is 4.50. The molecule has 0 aromatic heterocycles. The Bertz CT molecular complexity index is 702. The fraction of sp³-hybridized carbons (Fsp3) is 0.438. The van der Waals surface area contributed by atoms with Crippen LogP contribution in [0.2, 0.25) is 5.02 Å². The molecule has 5 nitrogen and oxygen atoms in total. The molecule has 1 fully saturated rings. The van der Waals surface area contributed by atoms with Crippen LogP contribution in [0.15, 0.2) is 30.9 Å². The van der Waals surface area contributed by atoms with Gasteiger partial charge in [-0.25, -0.2) is 12.7 Å². The molecule has 126 valence electrons. The van der Waals surface area contributed by atoms with E-state index < -0.39 is 16.0 Å². The highest BCUT2D eigenvalue weighted by Crippen LogP contribution is 2.31. The molecule has 0 radical (unpaired) electrons. The molecule has 1 unspecified atom stereocenters. The predicted molar refractivity (Wildman–Crippen MR) is 90.3 cm³/mol. The fourth-order valence-electron chi connectivity index (χ4n) is 2.91. The summed E-state index contributed by atoms with van der Waals surface area (Å²) in [5.74, 6) is -0.967. The zero-order valence-electron chi connectivity index (χ0n) is 12.7. The molecular weight excluding hydrogens is 338 g/mol. The lowest BCUT2D eigenvalue weighted by Gasteiger charge is -2.32. The van der Waals surface area contributed by atoms with Crippen molar-refractivity contribution in [2.75, 3.05) is 18.8 Å². The summed E-state index contributed by atoms with van der Waals surface area (Å²) in [5.41, 5.74) is 1.53. The standard InChI is InChI=1S/C16H20ClNO4S/c1-2-6-23(21,22)18-5-3-4-13(11-18)14-7-12(9-16(19)20)8-15(17)10-14/h2,7-8,10,13H,1,3-6,9,11H2,(H,19,20). The lowest BCUT2D eigenvalue weighted by atomic mass is 9.90. The van der Waals surface area contributed by atoms with Gasteiger partial charge in [0.2, 0.25) is 10.0 Å². The van der Waals surface area contributed by atoms with Crippen LogP contribution in [0.4, 0.5) is 0 Å². The van der Waals surface area contributed by atoms with Crippen LogP contribution >= 0.6 is 11.6 Å². The molecule has 1 N–H and O–H groups in total. The largest absolute Gasteiger partial charge is 0.481 e. The van der Waals surface area contributed by atoms with Gasteiger partial charge in [-0.3, -0.25) is 4.79 Å². The van der Waals surface area contributed by atoms with Crippen LogP contribution in [0, 0.1) is 0 Å². The van der Waals surface area contributed by atoms with Gasteiger partial charge < -0.3 is 5.11 Å². The van der Waals surface area contributed by atoms with Gasteiger partial charge in [0.15, 0.2) is 0 Å². The van der Waals surface area contributed by atoms with Crippen molar-refractivity contribution in [2.24, 2.45) is 0 Å². The van der Waals surface area contributed by atoms with Crippen molar-refractivity contribution in [3.8, 4) is 0 Å². The average molecular weight is 358 g/mol. The number of aliphatic carboxylic acids is 1. The first-order chi connectivity index (χ1) is 10.8. The third-order valence-corrected chi connectivity index (χ3v) is 5.91. The first-order valence-electron chi connectivity index (χ1n) is 7.41. The Balaban J connectivity index is 2.22. The van der Waals surface area contributed by atoms with E-state index in [2.05, 4.69) is 6.58 Å². The molecule has 0 aliphatic carbocycles. The van der Waals surface area contributed by atoms with Crippen LogP contribution in [0.5, 0.6) is 0 Å². The van der Waals surface area contributed by atoms with Gasteiger partial charge in [-0.1, -0.05) is 23.7 Å². The SMILES string of the molecule is C=CCS(=O)(=O)N1CCCC(c2cc(Cl)cc(CC(=O)O)c2)C1. The number of hydrogen-bond donors (Lipinski definition) is 1. The van der Waals surface area contributed by atoms with Gasteiger partial charge in [0.05, 0.1) is 12.2 Å². The zero-order valence-corrected chi connectivity index (χ0v) is 14.3. The van der Waals surface area contributed by atoms with Crippen LogP contribution in [-0.4, -0.2) is 42.6 Å². The third kappa shape index (κ3) is 4.80. The van der Waals surface area contributed by atoms with E-state index in [9.17, 15) is 13.2 Å². The van der Waals surface area contributed by atoms with Gasteiger partial charge in [-0.2, -0.15) is 0 Å². The smallest absolute Gasteiger partial charge is 0.307 e. The number of rotatable bonds is 6. The lowest BCUT2D eigenvalue weighted by molar-refractivity contribution is -0.136. The minimum atomic E-state index is -3.33. The zero-order chi connectivity index (χ0) is 17.0. The molecule has 0 spiro atoms. The van der Waals surface area contributed by atoms with Crippen molar-refractivity contribution in [1.82, 2.24) is 4.31 Å². The number of sulfonamides is 1. The predicted octanol–water partition coefficient (Wildman–Crippen LogP) is 2.66. The summed E-state index contributed by atoms with van der Waals surface area (Å²) in [4.78, 5) is 10.9. The maximum absolute atomic E-state index is 12.2. The highest BCUT2D eigenvalue weighted by Gasteiger charge is 2.29. The quantitative estimate of drug-likeness (QED) is 0.794. The minimum Gasteiger partial charge on any atom is -0.481 e. The number of hydrogen-bond acceptors (Lipinski definition) is 3. The van der Waals surface area contributed by atoms with Crippen molar-refractivity contribution in [3.63, 3.8) is 0 Å². The van der Waals surface area contributed by atoms with Crippen LogP contribution < -0.4 is 0 Å². The van der Waals surface area contributed by atoms with Crippen molar-refractivity contribution in [1.29, 1.82) is 0 Å². The minimum absolute atomic E-state index is 0.0228. The second-order valence-corrected chi connectivity index (χ2v) is 8.18. The number of halogens is 1. The summed E-state index contributed by atoms with van der Waals surface area (Å²) < 4.78 is 25.9. The van der Waals surface area contributed by atoms with Crippen LogP contribution in [0.25, 0.3) is 0 Å². The van der Waals surface area contributed by atoms with Gasteiger partial charge in [-0.05, 0) is 42.0 Å². The molecule has 1 aromatic rings. The molecule has 0 amide bonds. The molecule has 1 aliphatic rings. The second-order valence-electron chi connectivity index (χ2n) is 5.73. The Morgan fingerprint density at radius 3 is 2.83 bits per heavy atom. The summed E-state index contributed by atoms with van der Waals surface area (Å²) >= 11 is 6.09. The number of benzene rings is 1. The highest BCUT2D eigenvalue weighted by atomic mass is 35.5. The van der Waals surface area contributed by atoms with E-state index in [1.165, 1.54) is 10.4 Å². The number of carbonyl (C=O) groups is 1. The van der Waals surface area contributed by atoms with Crippen LogP contribution in [0.1, 0.15) is 29.9 Å². The van der Waals surface area contributed by atoms with Gasteiger partial charge in [-0.15, -0.1) is 6.58 Å². The molecular formula is C16H20ClNO4S. The van der Waals surface area contributed by atoms with E-state index in [1.807, 2.05) is 6.07 Å². The van der Waals surface area contributed by atoms with E-state index >= 15 is 0 Å². The molecule has 1 aromatic carbocycles. The molecule has 0 bridgehead atoms. The maximum Gasteiger partial charge on any atom is 0.307 e. The van der Waals surface area contributed by atoms with Crippen molar-refractivity contribution >= 4 is 27.6 Å². The molecule has 1 atom stereocenters. The summed E-state index contributed by atoms with van der Waals surface area (Å²) in [6, 6.07) is 5.24. The van der Waals surface area contributed by atoms with E-state index in [-0.39, 0.29) is 18.1 Å². The topological polar surface area (TPSA) is 74.7 Å². The number of nitrogens with zero attached hydrogens (tertiary/aromatic N) is 1. The van der Waals surface area contributed by atoms with E-state index in [0.29, 0.717) is 23.7 Å². The summed E-state index contributed by atoms with van der Waals surface area (Å²) in [6.45, 7) is 4.39. The van der Waals surface area contributed by atoms with Crippen molar-refractivity contribution in [2.45, 2.75) is 25.2 Å². The van der Waals surface area contributed by atoms with Crippen molar-refractivity contribution in [3.05, 3.63) is 47.0 Å². The van der Waals surface area contributed by atoms with Crippen LogP contribution in [0.3, 0.4) is 0 Å². The van der Waals surface area contributed by atoms with Gasteiger partial charge in [0, 0.05) is 18.1 Å². The van der Waals surface area contributed by atoms with E-state index in [4.69, 9.17) is 16.7 Å². The average Bonchev–Trinajstić information content (AvgIpc) is 2.46. The highest BCUT2D eigenvalue weighted by molar-refractivity contribution is 7.89. The monoisotopic (exact) mass is 357 g/mol. The Morgan fingerprint density at radius 1 is 1.43 bits per heavy atom. The second kappa shape index (κ2) is 7.47. The summed E-state index contributed by atoms with van der Waals surface area (Å²) in [6.07, 6.45) is 2.91. The Hall–Kier alpha value is -1.37. The Labute approximate surface area is 141 Å². The number of carboxylic acids is 1. The number of piperidine rings is 1. The van der Waals surface area contributed by atoms with Crippen LogP contribution in [-0.2, 0) is 21.2 Å². The maximum atomic E-state index is 12.2. The first kappa shape index (κ1) is 18.0. The molecule has 2 rings (SSSR count). The molecule has 7 heteroatoms. The summed E-state index contributed by atoms with van der Waals surface area (Å²) in [7, 11) is -3.33. The molecule has 0 saturated carbocycles. The molecule has 1 saturated heterocycles. The molecule has 1 aliphatic heterocycles. The Kier molecular flexibility index (Phi) is 5.84. The molecule has 1 heterocycles. The Morgan fingerprint density at radius 2 is 2.17 bits per heavy atom. The van der Waals surface area contributed by atoms with Gasteiger partial charge in [0.1, 0.15) is 0 Å². The third-order valence-electron chi connectivity index (χ3n) is 3.91. The van der Waals surface area contributed by atoms with Gasteiger partial charge in [0.25, 0.3) is 0 Å². The first-order valence-corrected chi connectivity index (χ1v) is 9.40. The lowest BCUT2D eigenvalue weighted by Crippen LogP contribution is -2.40. The summed E-state index contributed by atoms with van der Waals surface area (Å²) in [5, 5.41) is 9.40. The molecule has 23 heavy (non-hydrogen) atoms. The normalized spacial score (nSPS) is 19.4.